The predicted molar refractivity (Wildman–Crippen MR) is 81.9 cm³/mol. The molecule has 0 aliphatic carbocycles. The van der Waals surface area contributed by atoms with E-state index in [-0.39, 0.29) is 24.0 Å². The van der Waals surface area contributed by atoms with E-state index in [0.29, 0.717) is 6.04 Å². The largest absolute Gasteiger partial charge is 1.00 e. The van der Waals surface area contributed by atoms with Gasteiger partial charge < -0.3 is 37.9 Å². The first-order valence-electron chi connectivity index (χ1n) is 7.46. The van der Waals surface area contributed by atoms with Crippen LogP contribution in [0.15, 0.2) is 42.6 Å². The number of aromatic nitrogens is 1. The molecule has 4 rings (SSSR count). The molecule has 0 bridgehead atoms. The van der Waals surface area contributed by atoms with Crippen molar-refractivity contribution in [3.63, 3.8) is 0 Å². The maximum absolute atomic E-state index is 2.62. The third-order valence-electron chi connectivity index (χ3n) is 4.84. The summed E-state index contributed by atoms with van der Waals surface area (Å²) in [5, 5.41) is 0. The molecule has 1 fully saturated rings. The molecule has 1 aromatic carbocycles. The first-order valence-corrected chi connectivity index (χ1v) is 7.46. The highest BCUT2D eigenvalue weighted by Crippen LogP contribution is 2.37. The summed E-state index contributed by atoms with van der Waals surface area (Å²) in [6, 6.07) is 13.9. The van der Waals surface area contributed by atoms with E-state index < -0.39 is 0 Å². The molecule has 2 aliphatic rings. The highest BCUT2D eigenvalue weighted by atomic mass is 127. The summed E-state index contributed by atoms with van der Waals surface area (Å²) in [6.07, 6.45) is 2.23. The van der Waals surface area contributed by atoms with Crippen molar-refractivity contribution in [1.29, 1.82) is 0 Å². The van der Waals surface area contributed by atoms with E-state index in [1.54, 1.807) is 0 Å². The number of anilines is 1. The maximum Gasteiger partial charge on any atom is 0.119 e. The quantitative estimate of drug-likeness (QED) is 0.431. The van der Waals surface area contributed by atoms with Crippen molar-refractivity contribution in [3.8, 4) is 0 Å². The minimum Gasteiger partial charge on any atom is -1.00 e. The van der Waals surface area contributed by atoms with Crippen molar-refractivity contribution in [2.24, 2.45) is 0 Å². The van der Waals surface area contributed by atoms with Gasteiger partial charge in [0.1, 0.15) is 12.6 Å². The second-order valence-electron chi connectivity index (χ2n) is 6.74. The van der Waals surface area contributed by atoms with Crippen molar-refractivity contribution in [3.05, 3.63) is 53.9 Å². The summed E-state index contributed by atoms with van der Waals surface area (Å²) < 4.78 is 3.53. The second-order valence-corrected chi connectivity index (χ2v) is 6.74. The number of benzene rings is 1. The molecule has 1 saturated heterocycles. The Hall–Kier alpha value is -1.01. The van der Waals surface area contributed by atoms with Crippen LogP contribution in [0.4, 0.5) is 5.69 Å². The first-order chi connectivity index (χ1) is 9.64. The van der Waals surface area contributed by atoms with Crippen LogP contribution in [0.3, 0.4) is 0 Å². The molecule has 21 heavy (non-hydrogen) atoms. The Morgan fingerprint density at radius 1 is 1.10 bits per heavy atom. The topological polar surface area (TPSA) is 8.17 Å². The molecular weight excluding hydrogens is 373 g/mol. The van der Waals surface area contributed by atoms with Crippen LogP contribution in [0, 0.1) is 0 Å². The van der Waals surface area contributed by atoms with Gasteiger partial charge in [-0.15, -0.1) is 0 Å². The van der Waals surface area contributed by atoms with E-state index in [1.807, 2.05) is 0 Å². The van der Waals surface area contributed by atoms with Gasteiger partial charge in [0.05, 0.1) is 27.2 Å². The first kappa shape index (κ1) is 14.9. The number of rotatable bonds is 0. The van der Waals surface area contributed by atoms with Gasteiger partial charge in [-0.05, 0) is 23.8 Å². The van der Waals surface area contributed by atoms with Gasteiger partial charge in [0, 0.05) is 24.1 Å². The van der Waals surface area contributed by atoms with Crippen molar-refractivity contribution in [1.82, 2.24) is 4.57 Å². The molecule has 2 aliphatic heterocycles. The normalized spacial score (nSPS) is 22.4. The van der Waals surface area contributed by atoms with E-state index in [9.17, 15) is 0 Å². The number of likely N-dealkylation sites (N-methyl/N-ethyl adjacent to an activating group) is 1. The number of quaternary nitrogens is 1. The Bertz CT molecular complexity index is 647. The minimum atomic E-state index is 0. The molecule has 0 amide bonds. The van der Waals surface area contributed by atoms with E-state index >= 15 is 0 Å². The lowest BCUT2D eigenvalue weighted by atomic mass is 10.1. The fourth-order valence-corrected chi connectivity index (χ4v) is 3.72. The standard InChI is InChI=1S/C17H22N3.HI/c1-20(2)11-10-19-15-7-4-3-6-14(15)12-18-9-5-8-16(18)17(19)13-20;/h3-9,17H,10-13H2,1-2H3;1H/q+1;/p-1. The van der Waals surface area contributed by atoms with Crippen LogP contribution in [0.1, 0.15) is 17.3 Å². The maximum atomic E-state index is 2.62. The smallest absolute Gasteiger partial charge is 0.119 e. The summed E-state index contributed by atoms with van der Waals surface area (Å²) in [7, 11) is 4.70. The van der Waals surface area contributed by atoms with E-state index in [4.69, 9.17) is 0 Å². The van der Waals surface area contributed by atoms with Gasteiger partial charge in [-0.1, -0.05) is 18.2 Å². The number of nitrogens with zero attached hydrogens (tertiary/aromatic N) is 3. The SMILES string of the molecule is C[N+]1(C)CCN2c3ccccc3Cn3cccc3C2C1.[I-]. The van der Waals surface area contributed by atoms with E-state index in [1.165, 1.54) is 30.0 Å². The lowest BCUT2D eigenvalue weighted by molar-refractivity contribution is -0.894. The van der Waals surface area contributed by atoms with Gasteiger partial charge in [0.15, 0.2) is 0 Å². The van der Waals surface area contributed by atoms with Gasteiger partial charge in [-0.25, -0.2) is 0 Å². The molecule has 2 aromatic rings. The van der Waals surface area contributed by atoms with Crippen molar-refractivity contribution >= 4 is 5.69 Å². The molecule has 0 spiro atoms. The number of halogens is 1. The average molecular weight is 395 g/mol. The molecule has 1 aromatic heterocycles. The Morgan fingerprint density at radius 3 is 2.76 bits per heavy atom. The van der Waals surface area contributed by atoms with Gasteiger partial charge in [0.25, 0.3) is 0 Å². The monoisotopic (exact) mass is 395 g/mol. The summed E-state index contributed by atoms with van der Waals surface area (Å²) in [5.41, 5.74) is 4.34. The summed E-state index contributed by atoms with van der Waals surface area (Å²) >= 11 is 0. The molecule has 112 valence electrons. The molecule has 0 saturated carbocycles. The molecule has 1 atom stereocenters. The van der Waals surface area contributed by atoms with E-state index in [2.05, 4.69) is 66.2 Å². The fraction of sp³-hybridized carbons (Fsp3) is 0.412. The predicted octanol–water partition coefficient (Wildman–Crippen LogP) is -0.508. The highest BCUT2D eigenvalue weighted by molar-refractivity contribution is 5.57. The summed E-state index contributed by atoms with van der Waals surface area (Å²) in [4.78, 5) is 2.62. The van der Waals surface area contributed by atoms with Crippen molar-refractivity contribution in [2.75, 3.05) is 38.6 Å². The van der Waals surface area contributed by atoms with Crippen LogP contribution in [0.5, 0.6) is 0 Å². The fourth-order valence-electron chi connectivity index (χ4n) is 3.72. The number of piperazine rings is 1. The van der Waals surface area contributed by atoms with Crippen LogP contribution in [0.25, 0.3) is 0 Å². The minimum absolute atomic E-state index is 0. The van der Waals surface area contributed by atoms with Crippen LogP contribution in [0.2, 0.25) is 0 Å². The van der Waals surface area contributed by atoms with Gasteiger partial charge >= 0.3 is 0 Å². The third kappa shape index (κ3) is 2.48. The Balaban J connectivity index is 0.00000132. The molecule has 0 radical (unpaired) electrons. The second kappa shape index (κ2) is 5.32. The highest BCUT2D eigenvalue weighted by Gasteiger charge is 2.38. The van der Waals surface area contributed by atoms with Gasteiger partial charge in [-0.3, -0.25) is 0 Å². The van der Waals surface area contributed by atoms with Crippen molar-refractivity contribution < 1.29 is 28.5 Å². The molecular formula is C17H22IN3. The summed E-state index contributed by atoms with van der Waals surface area (Å²) in [5.74, 6) is 0. The van der Waals surface area contributed by atoms with Crippen LogP contribution >= 0.6 is 0 Å². The molecule has 3 nitrogen and oxygen atoms in total. The lowest BCUT2D eigenvalue weighted by Crippen LogP contribution is -3.00. The Labute approximate surface area is 143 Å². The zero-order chi connectivity index (χ0) is 13.7. The van der Waals surface area contributed by atoms with E-state index in [0.717, 1.165) is 17.6 Å². The number of hydrogen-bond donors (Lipinski definition) is 0. The molecule has 3 heterocycles. The van der Waals surface area contributed by atoms with Gasteiger partial charge in [0.2, 0.25) is 0 Å². The van der Waals surface area contributed by atoms with Crippen LogP contribution in [-0.4, -0.2) is 42.8 Å². The Morgan fingerprint density at radius 2 is 1.90 bits per heavy atom. The number of hydrogen-bond acceptors (Lipinski definition) is 1. The summed E-state index contributed by atoms with van der Waals surface area (Å²) in [6.45, 7) is 4.53. The zero-order valence-electron chi connectivity index (χ0n) is 12.7. The average Bonchev–Trinajstić information content (AvgIpc) is 2.83. The van der Waals surface area contributed by atoms with Crippen LogP contribution < -0.4 is 28.9 Å². The van der Waals surface area contributed by atoms with Crippen LogP contribution in [-0.2, 0) is 6.54 Å². The molecule has 4 heteroatoms. The Kier molecular flexibility index (Phi) is 3.78. The third-order valence-corrected chi connectivity index (χ3v) is 4.84. The molecule has 1 unspecified atom stereocenters. The molecule has 0 N–H and O–H groups in total. The zero-order valence-corrected chi connectivity index (χ0v) is 14.8. The van der Waals surface area contributed by atoms with Crippen molar-refractivity contribution in [2.45, 2.75) is 12.6 Å². The van der Waals surface area contributed by atoms with Gasteiger partial charge in [-0.2, -0.15) is 0 Å². The lowest BCUT2D eigenvalue weighted by Gasteiger charge is -2.45. The number of fused-ring (bicyclic) bond motifs is 5. The number of para-hydroxylation sites is 1.